The molecule has 0 aliphatic carbocycles. The second-order valence-corrected chi connectivity index (χ2v) is 4.82. The van der Waals surface area contributed by atoms with Gasteiger partial charge in [-0.2, -0.15) is 5.10 Å². The normalized spacial score (nSPS) is 20.4. The molecule has 4 nitrogen and oxygen atoms in total. The Bertz CT molecular complexity index is 536. The van der Waals surface area contributed by atoms with Gasteiger partial charge in [0.05, 0.1) is 5.69 Å². The maximum Gasteiger partial charge on any atom is 0.154 e. The van der Waals surface area contributed by atoms with Crippen molar-refractivity contribution in [1.82, 2.24) is 14.6 Å². The number of nitrogens with zero attached hydrogens (tertiary/aromatic N) is 4. The molecule has 0 aromatic carbocycles. The molecule has 1 aliphatic heterocycles. The number of hydrogen-bond donors (Lipinski definition) is 0. The lowest BCUT2D eigenvalue weighted by atomic mass is 10.2. The summed E-state index contributed by atoms with van der Waals surface area (Å²) in [7, 11) is 0. The van der Waals surface area contributed by atoms with E-state index in [1.165, 1.54) is 6.42 Å². The number of halogens is 1. The first kappa shape index (κ1) is 10.8. The molecule has 0 N–H and O–H groups in total. The highest BCUT2D eigenvalue weighted by atomic mass is 35.5. The minimum Gasteiger partial charge on any atom is -0.351 e. The van der Waals surface area contributed by atoms with E-state index in [0.717, 1.165) is 30.0 Å². The van der Waals surface area contributed by atoms with E-state index < -0.39 is 0 Å². The van der Waals surface area contributed by atoms with E-state index >= 15 is 0 Å². The molecule has 1 atom stereocenters. The minimum atomic E-state index is 0.408. The Morgan fingerprint density at radius 3 is 3.24 bits per heavy atom. The lowest BCUT2D eigenvalue weighted by Gasteiger charge is -2.24. The SMILES string of the molecule is Cc1cc2c(N3CCCC3CCl)nccn2n1. The lowest BCUT2D eigenvalue weighted by molar-refractivity contribution is 0.732. The predicted octanol–water partition coefficient (Wildman–Crippen LogP) is 2.25. The van der Waals surface area contributed by atoms with E-state index in [0.29, 0.717) is 11.9 Å². The Morgan fingerprint density at radius 2 is 2.41 bits per heavy atom. The zero-order valence-electron chi connectivity index (χ0n) is 9.80. The van der Waals surface area contributed by atoms with Gasteiger partial charge in [-0.15, -0.1) is 11.6 Å². The van der Waals surface area contributed by atoms with Crippen LogP contribution in [-0.2, 0) is 0 Å². The van der Waals surface area contributed by atoms with Crippen LogP contribution in [0.25, 0.3) is 5.52 Å². The number of rotatable bonds is 2. The second-order valence-electron chi connectivity index (χ2n) is 4.51. The first-order chi connectivity index (χ1) is 8.29. The largest absolute Gasteiger partial charge is 0.351 e. The van der Waals surface area contributed by atoms with Crippen molar-refractivity contribution in [2.75, 3.05) is 17.3 Å². The van der Waals surface area contributed by atoms with Crippen LogP contribution in [0.5, 0.6) is 0 Å². The van der Waals surface area contributed by atoms with Crippen LogP contribution < -0.4 is 4.90 Å². The molecule has 0 amide bonds. The van der Waals surface area contributed by atoms with Crippen LogP contribution in [0.1, 0.15) is 18.5 Å². The van der Waals surface area contributed by atoms with Gasteiger partial charge in [0.25, 0.3) is 0 Å². The third-order valence-electron chi connectivity index (χ3n) is 3.32. The highest BCUT2D eigenvalue weighted by molar-refractivity contribution is 6.18. The lowest BCUT2D eigenvalue weighted by Crippen LogP contribution is -2.31. The van der Waals surface area contributed by atoms with Crippen LogP contribution in [0, 0.1) is 6.92 Å². The highest BCUT2D eigenvalue weighted by Crippen LogP contribution is 2.28. The molecule has 1 fully saturated rings. The molecule has 1 unspecified atom stereocenters. The summed E-state index contributed by atoms with van der Waals surface area (Å²) in [4.78, 5) is 6.82. The first-order valence-corrected chi connectivity index (χ1v) is 6.46. The van der Waals surface area contributed by atoms with Gasteiger partial charge in [-0.05, 0) is 25.8 Å². The van der Waals surface area contributed by atoms with E-state index in [-0.39, 0.29) is 0 Å². The van der Waals surface area contributed by atoms with Crippen LogP contribution >= 0.6 is 11.6 Å². The Kier molecular flexibility index (Phi) is 2.67. The maximum absolute atomic E-state index is 6.02. The minimum absolute atomic E-state index is 0.408. The summed E-state index contributed by atoms with van der Waals surface area (Å²) in [5.74, 6) is 1.67. The summed E-state index contributed by atoms with van der Waals surface area (Å²) in [6, 6.07) is 2.48. The number of fused-ring (bicyclic) bond motifs is 1. The molecule has 2 aromatic heterocycles. The van der Waals surface area contributed by atoms with Crippen molar-refractivity contribution in [1.29, 1.82) is 0 Å². The topological polar surface area (TPSA) is 33.4 Å². The van der Waals surface area contributed by atoms with Crippen LogP contribution in [0.4, 0.5) is 5.82 Å². The van der Waals surface area contributed by atoms with Crippen LogP contribution in [0.15, 0.2) is 18.5 Å². The Hall–Kier alpha value is -1.29. The maximum atomic E-state index is 6.02. The zero-order valence-corrected chi connectivity index (χ0v) is 10.6. The fraction of sp³-hybridized carbons (Fsp3) is 0.500. The van der Waals surface area contributed by atoms with Crippen LogP contribution in [-0.4, -0.2) is 33.1 Å². The third-order valence-corrected chi connectivity index (χ3v) is 3.68. The van der Waals surface area contributed by atoms with Gasteiger partial charge in [0.1, 0.15) is 5.52 Å². The molecule has 1 aliphatic rings. The molecule has 3 heterocycles. The van der Waals surface area contributed by atoms with Gasteiger partial charge in [-0.3, -0.25) is 0 Å². The molecule has 0 saturated carbocycles. The Morgan fingerprint density at radius 1 is 1.53 bits per heavy atom. The van der Waals surface area contributed by atoms with Gasteiger partial charge >= 0.3 is 0 Å². The van der Waals surface area contributed by atoms with Crippen molar-refractivity contribution in [3.8, 4) is 0 Å². The predicted molar refractivity (Wildman–Crippen MR) is 68.8 cm³/mol. The molecule has 5 heteroatoms. The quantitative estimate of drug-likeness (QED) is 0.767. The fourth-order valence-electron chi connectivity index (χ4n) is 2.53. The smallest absolute Gasteiger partial charge is 0.154 e. The number of aromatic nitrogens is 3. The van der Waals surface area contributed by atoms with Gasteiger partial charge in [0.2, 0.25) is 0 Å². The van der Waals surface area contributed by atoms with Crippen molar-refractivity contribution in [3.63, 3.8) is 0 Å². The van der Waals surface area contributed by atoms with Gasteiger partial charge in [-0.25, -0.2) is 9.50 Å². The fourth-order valence-corrected chi connectivity index (χ4v) is 2.85. The highest BCUT2D eigenvalue weighted by Gasteiger charge is 2.26. The third kappa shape index (κ3) is 1.76. The van der Waals surface area contributed by atoms with E-state index in [4.69, 9.17) is 11.6 Å². The van der Waals surface area contributed by atoms with Crippen LogP contribution in [0.2, 0.25) is 0 Å². The van der Waals surface area contributed by atoms with E-state index in [1.54, 1.807) is 6.20 Å². The summed E-state index contributed by atoms with van der Waals surface area (Å²) >= 11 is 6.02. The van der Waals surface area contributed by atoms with Gasteiger partial charge in [-0.1, -0.05) is 0 Å². The molecular formula is C12H15ClN4. The van der Waals surface area contributed by atoms with E-state index in [2.05, 4.69) is 21.0 Å². The monoisotopic (exact) mass is 250 g/mol. The number of aryl methyl sites for hydroxylation is 1. The second kappa shape index (κ2) is 4.18. The standard InChI is InChI=1S/C12H15ClN4/c1-9-7-11-12(14-4-6-17(11)15-9)16-5-2-3-10(16)8-13/h4,6-7,10H,2-3,5,8H2,1H3. The molecule has 0 bridgehead atoms. The van der Waals surface area contributed by atoms with Crippen molar-refractivity contribution >= 4 is 22.9 Å². The van der Waals surface area contributed by atoms with Crippen molar-refractivity contribution in [2.24, 2.45) is 0 Å². The first-order valence-electron chi connectivity index (χ1n) is 5.93. The molecule has 0 radical (unpaired) electrons. The summed E-state index contributed by atoms with van der Waals surface area (Å²) in [6.45, 7) is 3.04. The number of hydrogen-bond acceptors (Lipinski definition) is 3. The average molecular weight is 251 g/mol. The molecule has 1 saturated heterocycles. The molecule has 17 heavy (non-hydrogen) atoms. The number of anilines is 1. The molecular weight excluding hydrogens is 236 g/mol. The molecule has 2 aromatic rings. The average Bonchev–Trinajstić information content (AvgIpc) is 2.92. The van der Waals surface area contributed by atoms with Crippen LogP contribution in [0.3, 0.4) is 0 Å². The Balaban J connectivity index is 2.10. The zero-order chi connectivity index (χ0) is 11.8. The van der Waals surface area contributed by atoms with Gasteiger partial charge in [0.15, 0.2) is 5.82 Å². The summed E-state index contributed by atoms with van der Waals surface area (Å²) in [5, 5.41) is 4.41. The van der Waals surface area contributed by atoms with E-state index in [1.807, 2.05) is 17.6 Å². The van der Waals surface area contributed by atoms with Crippen molar-refractivity contribution in [3.05, 3.63) is 24.2 Å². The van der Waals surface area contributed by atoms with Crippen molar-refractivity contribution in [2.45, 2.75) is 25.8 Å². The Labute approximate surface area is 105 Å². The van der Waals surface area contributed by atoms with Gasteiger partial charge in [0, 0.05) is 30.9 Å². The van der Waals surface area contributed by atoms with Gasteiger partial charge < -0.3 is 4.90 Å². The molecule has 3 rings (SSSR count). The number of alkyl halides is 1. The van der Waals surface area contributed by atoms with E-state index in [9.17, 15) is 0 Å². The molecule has 0 spiro atoms. The summed E-state index contributed by atoms with van der Waals surface area (Å²) in [6.07, 6.45) is 6.03. The molecule has 90 valence electrons. The summed E-state index contributed by atoms with van der Waals surface area (Å²) in [5.41, 5.74) is 2.09. The van der Waals surface area contributed by atoms with Crippen molar-refractivity contribution < 1.29 is 0 Å². The summed E-state index contributed by atoms with van der Waals surface area (Å²) < 4.78 is 1.89.